The second-order valence-electron chi connectivity index (χ2n) is 27.0. The zero-order valence-corrected chi connectivity index (χ0v) is 42.9. The van der Waals surface area contributed by atoms with Crippen molar-refractivity contribution in [1.29, 1.82) is 0 Å². The zero-order chi connectivity index (χ0) is 49.0. The average molecular weight is 864 g/mol. The van der Waals surface area contributed by atoms with Crippen LogP contribution in [0.3, 0.4) is 0 Å². The molecule has 0 saturated heterocycles. The Morgan fingerprint density at radius 2 is 0.631 bits per heavy atom. The van der Waals surface area contributed by atoms with E-state index in [9.17, 15) is 4.11 Å². The first-order valence-electron chi connectivity index (χ1n) is 26.8. The lowest BCUT2D eigenvalue weighted by molar-refractivity contribution is 0.332. The van der Waals surface area contributed by atoms with Crippen molar-refractivity contribution in [2.75, 3.05) is 9.80 Å². The normalized spacial score (nSPS) is 24.1. The summed E-state index contributed by atoms with van der Waals surface area (Å²) in [6.45, 7) is 38.4. The highest BCUT2D eigenvalue weighted by atomic mass is 15.2. The molecule has 2 heterocycles. The Morgan fingerprint density at radius 3 is 0.954 bits per heavy atom. The number of anilines is 6. The van der Waals surface area contributed by atoms with Gasteiger partial charge in [-0.1, -0.05) is 141 Å². The molecule has 2 nitrogen and oxygen atoms in total. The second kappa shape index (κ2) is 13.3. The van der Waals surface area contributed by atoms with Gasteiger partial charge in [0.2, 0.25) is 0 Å². The maximum Gasteiger partial charge on any atom is 0.252 e. The van der Waals surface area contributed by atoms with Gasteiger partial charge in [0, 0.05) is 34.1 Å². The van der Waals surface area contributed by atoms with Crippen LogP contribution in [0, 0.1) is 0 Å². The molecule has 65 heavy (non-hydrogen) atoms. The van der Waals surface area contributed by atoms with Crippen LogP contribution in [0.4, 0.5) is 34.1 Å². The monoisotopic (exact) mass is 864 g/mol. The molecule has 11 rings (SSSR count). The van der Waals surface area contributed by atoms with Crippen molar-refractivity contribution >= 4 is 57.2 Å². The average Bonchev–Trinajstić information content (AvgIpc) is 3.26. The molecule has 0 atom stereocenters. The molecule has 0 amide bonds. The molecule has 338 valence electrons. The third-order valence-corrected chi connectivity index (χ3v) is 18.9. The molecule has 0 bridgehead atoms. The van der Waals surface area contributed by atoms with E-state index in [4.69, 9.17) is 0 Å². The maximum atomic E-state index is 10.3. The third-order valence-electron chi connectivity index (χ3n) is 18.9. The SMILES string of the molecule is [2H]c1c([2H])c2c3c(c1[2H])N(c1ccc4c(c1)C(C)(C)CCC4(C)C)c1cc4c(cc1B3c1cc3c(cc1N2c1ccc2c(c1)C(C)(C)CCC2(C)C)C(C)(C)CCC3(C)C)C(C)(C)CCC4(C)C. The standard InChI is InChI=1S/C62H77BN2/c1-55(2)24-26-57(5,6)42-32-38(20-22-40(42)55)64-50-18-17-19-51-54(50)63(48-34-44-46(36-52(48)64)61(13,14)30-28-59(44,9)10)49-35-45-47(62(15,16)31-29-60(45,11)12)37-53(49)65(51)39-21-23-41-43(33-39)58(7,8)27-25-56(41,3)4/h17-23,32-37H,24-31H2,1-16H3/i17D,18D,19D. The third kappa shape index (κ3) is 6.17. The van der Waals surface area contributed by atoms with Crippen LogP contribution < -0.4 is 26.2 Å². The Balaban J connectivity index is 1.31. The lowest BCUT2D eigenvalue weighted by Crippen LogP contribution is -2.62. The van der Waals surface area contributed by atoms with Gasteiger partial charge in [0.1, 0.15) is 0 Å². The molecule has 0 saturated carbocycles. The highest BCUT2D eigenvalue weighted by Gasteiger charge is 2.49. The summed E-state index contributed by atoms with van der Waals surface area (Å²) in [4.78, 5) is 4.79. The summed E-state index contributed by atoms with van der Waals surface area (Å²) >= 11 is 0. The van der Waals surface area contributed by atoms with E-state index < -0.39 is 0 Å². The van der Waals surface area contributed by atoms with E-state index in [1.807, 2.05) is 0 Å². The van der Waals surface area contributed by atoms with E-state index in [-0.39, 0.29) is 68.2 Å². The Kier molecular flexibility index (Phi) is 8.14. The quantitative estimate of drug-likeness (QED) is 0.160. The van der Waals surface area contributed by atoms with Crippen LogP contribution in [0.5, 0.6) is 0 Å². The van der Waals surface area contributed by atoms with Gasteiger partial charge in [-0.3, -0.25) is 0 Å². The van der Waals surface area contributed by atoms with Crippen molar-refractivity contribution in [3.8, 4) is 0 Å². The summed E-state index contributed by atoms with van der Waals surface area (Å²) in [5.74, 6) is 0. The van der Waals surface area contributed by atoms with E-state index in [2.05, 4.69) is 181 Å². The minimum absolute atomic E-state index is 0.0166. The summed E-state index contributed by atoms with van der Waals surface area (Å²) in [7, 11) is 0. The fourth-order valence-electron chi connectivity index (χ4n) is 13.8. The smallest absolute Gasteiger partial charge is 0.252 e. The number of hydrogen-bond donors (Lipinski definition) is 0. The predicted molar refractivity (Wildman–Crippen MR) is 282 cm³/mol. The molecular weight excluding hydrogens is 784 g/mol. The van der Waals surface area contributed by atoms with Gasteiger partial charge in [-0.2, -0.15) is 0 Å². The first-order valence-corrected chi connectivity index (χ1v) is 25.3. The molecule has 3 heteroatoms. The van der Waals surface area contributed by atoms with Gasteiger partial charge in [-0.15, -0.1) is 0 Å². The maximum absolute atomic E-state index is 10.3. The van der Waals surface area contributed by atoms with Gasteiger partial charge in [0.15, 0.2) is 0 Å². The topological polar surface area (TPSA) is 6.48 Å². The molecule has 0 fully saturated rings. The van der Waals surface area contributed by atoms with Crippen molar-refractivity contribution in [2.24, 2.45) is 0 Å². The predicted octanol–water partition coefficient (Wildman–Crippen LogP) is 15.2. The Morgan fingerprint density at radius 1 is 0.354 bits per heavy atom. The molecule has 2 aliphatic heterocycles. The number of nitrogens with zero attached hydrogens (tertiary/aromatic N) is 2. The van der Waals surface area contributed by atoms with Gasteiger partial charge in [0.25, 0.3) is 6.71 Å². The number of rotatable bonds is 2. The van der Waals surface area contributed by atoms with E-state index in [1.54, 1.807) is 0 Å². The van der Waals surface area contributed by atoms with Gasteiger partial charge < -0.3 is 9.80 Å². The number of fused-ring (bicyclic) bond motifs is 8. The molecule has 5 aromatic carbocycles. The van der Waals surface area contributed by atoms with Gasteiger partial charge in [-0.05, 0) is 204 Å². The van der Waals surface area contributed by atoms with Crippen LogP contribution in [0.1, 0.15) is 211 Å². The highest BCUT2D eigenvalue weighted by Crippen LogP contribution is 2.55. The van der Waals surface area contributed by atoms with Crippen LogP contribution in [0.2, 0.25) is 0 Å². The van der Waals surface area contributed by atoms with Gasteiger partial charge in [-0.25, -0.2) is 0 Å². The van der Waals surface area contributed by atoms with Crippen molar-refractivity contribution in [3.05, 3.63) is 123 Å². The van der Waals surface area contributed by atoms with E-state index >= 15 is 0 Å². The Hall–Kier alpha value is -4.24. The molecule has 0 spiro atoms. The van der Waals surface area contributed by atoms with Gasteiger partial charge >= 0.3 is 0 Å². The van der Waals surface area contributed by atoms with Crippen molar-refractivity contribution in [1.82, 2.24) is 0 Å². The summed E-state index contributed by atoms with van der Waals surface area (Å²) in [5.41, 5.74) is 20.4. The van der Waals surface area contributed by atoms with Gasteiger partial charge in [0.05, 0.1) is 4.11 Å². The van der Waals surface area contributed by atoms with E-state index in [0.29, 0.717) is 0 Å². The van der Waals surface area contributed by atoms with Crippen molar-refractivity contribution in [2.45, 2.75) is 205 Å². The highest BCUT2D eigenvalue weighted by molar-refractivity contribution is 7.00. The largest absolute Gasteiger partial charge is 0.311 e. The number of hydrogen-bond acceptors (Lipinski definition) is 2. The molecule has 0 N–H and O–H groups in total. The molecular formula is C62H77BN2. The lowest BCUT2D eigenvalue weighted by atomic mass is 9.32. The zero-order valence-electron chi connectivity index (χ0n) is 45.9. The summed E-state index contributed by atoms with van der Waals surface area (Å²) in [6.07, 6.45) is 8.91. The van der Waals surface area contributed by atoms with Crippen molar-refractivity contribution < 1.29 is 4.11 Å². The van der Waals surface area contributed by atoms with E-state index in [1.165, 1.54) is 55.4 Å². The minimum atomic E-state index is -0.246. The van der Waals surface area contributed by atoms with Crippen LogP contribution in [-0.2, 0) is 43.3 Å². The molecule has 6 aliphatic rings. The Labute approximate surface area is 398 Å². The summed E-state index contributed by atoms with van der Waals surface area (Å²) in [5, 5.41) is 0. The summed E-state index contributed by atoms with van der Waals surface area (Å²) < 4.78 is 30.4. The van der Waals surface area contributed by atoms with E-state index in [0.717, 1.165) is 91.0 Å². The number of benzene rings is 5. The molecule has 5 aromatic rings. The van der Waals surface area contributed by atoms with Crippen molar-refractivity contribution in [3.63, 3.8) is 0 Å². The fourth-order valence-corrected chi connectivity index (χ4v) is 13.8. The minimum Gasteiger partial charge on any atom is -0.311 e. The Bertz CT molecular complexity index is 2840. The molecule has 0 radical (unpaired) electrons. The second-order valence-corrected chi connectivity index (χ2v) is 27.0. The molecule has 0 aromatic heterocycles. The fraction of sp³-hybridized carbons (Fsp3) is 0.516. The lowest BCUT2D eigenvalue weighted by Gasteiger charge is -2.49. The van der Waals surface area contributed by atoms with Crippen LogP contribution in [0.25, 0.3) is 0 Å². The van der Waals surface area contributed by atoms with Crippen LogP contribution in [0.15, 0.2) is 78.8 Å². The first kappa shape index (κ1) is 39.9. The first-order chi connectivity index (χ1) is 31.4. The summed E-state index contributed by atoms with van der Waals surface area (Å²) in [6, 6.07) is 24.7. The molecule has 4 aliphatic carbocycles. The molecule has 0 unspecified atom stereocenters. The van der Waals surface area contributed by atoms with Crippen LogP contribution >= 0.6 is 0 Å². The van der Waals surface area contributed by atoms with Crippen LogP contribution in [-0.4, -0.2) is 6.71 Å².